The molecule has 0 saturated carbocycles. The summed E-state index contributed by atoms with van der Waals surface area (Å²) >= 11 is 14.8. The van der Waals surface area contributed by atoms with Gasteiger partial charge in [0.05, 0.1) is 26.4 Å². The topological polar surface area (TPSA) is 88.5 Å². The first kappa shape index (κ1) is 23.4. The fourth-order valence-electron chi connectivity index (χ4n) is 1.87. The minimum absolute atomic E-state index is 0.0892. The van der Waals surface area contributed by atoms with E-state index in [1.165, 1.54) is 24.3 Å². The third-order valence-corrected chi connectivity index (χ3v) is 6.94. The summed E-state index contributed by atoms with van der Waals surface area (Å²) in [6, 6.07) is 9.27. The number of aliphatic hydroxyl groups is 1. The second-order valence-corrected chi connectivity index (χ2v) is 10.7. The van der Waals surface area contributed by atoms with E-state index in [0.29, 0.717) is 10.9 Å². The third-order valence-electron chi connectivity index (χ3n) is 3.13. The quantitative estimate of drug-likeness (QED) is 0.639. The molecule has 10 heteroatoms. The highest BCUT2D eigenvalue weighted by Crippen LogP contribution is 2.23. The van der Waals surface area contributed by atoms with Gasteiger partial charge in [0.2, 0.25) is 0 Å². The molecule has 0 amide bonds. The van der Waals surface area contributed by atoms with Crippen molar-refractivity contribution in [3.8, 4) is 0 Å². The molecule has 144 valence electrons. The zero-order valence-corrected chi connectivity index (χ0v) is 18.6. The molecule has 1 N–H and O–H groups in total. The van der Waals surface area contributed by atoms with Gasteiger partial charge in [-0.2, -0.15) is 0 Å². The van der Waals surface area contributed by atoms with Crippen LogP contribution in [0.3, 0.4) is 0 Å². The molecule has 0 aliphatic carbocycles. The monoisotopic (exact) mass is 502 g/mol. The second-order valence-electron chi connectivity index (χ2n) is 5.37. The fraction of sp³-hybridized carbons (Fsp3) is 0.250. The molecule has 5 nitrogen and oxygen atoms in total. The molecule has 2 aromatic rings. The lowest BCUT2D eigenvalue weighted by atomic mass is 10.2. The van der Waals surface area contributed by atoms with Crippen molar-refractivity contribution in [3.63, 3.8) is 0 Å². The van der Waals surface area contributed by atoms with E-state index < -0.39 is 19.7 Å². The Bertz CT molecular complexity index is 908. The average molecular weight is 504 g/mol. The predicted octanol–water partition coefficient (Wildman–Crippen LogP) is 3.87. The van der Waals surface area contributed by atoms with Crippen molar-refractivity contribution in [2.45, 2.75) is 21.7 Å². The molecule has 0 saturated heterocycles. The van der Waals surface area contributed by atoms with Gasteiger partial charge in [0, 0.05) is 17.8 Å². The van der Waals surface area contributed by atoms with Crippen LogP contribution in [0.4, 0.5) is 0 Å². The van der Waals surface area contributed by atoms with Crippen LogP contribution in [0.15, 0.2) is 46.2 Å². The summed E-state index contributed by atoms with van der Waals surface area (Å²) in [7, 11) is -6.48. The highest BCUT2D eigenvalue weighted by atomic mass is 79.9. The van der Waals surface area contributed by atoms with E-state index in [1.54, 1.807) is 12.1 Å². The molecule has 0 unspecified atom stereocenters. The van der Waals surface area contributed by atoms with Gasteiger partial charge in [-0.15, -0.1) is 0 Å². The van der Waals surface area contributed by atoms with E-state index in [9.17, 15) is 16.8 Å². The molecule has 0 bridgehead atoms. The van der Waals surface area contributed by atoms with Gasteiger partial charge in [-0.25, -0.2) is 16.8 Å². The maximum Gasteiger partial charge on any atom is 0.176 e. The Labute approximate surface area is 171 Å². The van der Waals surface area contributed by atoms with Crippen molar-refractivity contribution in [2.24, 2.45) is 0 Å². The summed E-state index contributed by atoms with van der Waals surface area (Å²) in [5.41, 5.74) is 1.55. The Morgan fingerprint density at radius 1 is 0.846 bits per heavy atom. The Morgan fingerprint density at radius 2 is 1.23 bits per heavy atom. The van der Waals surface area contributed by atoms with Gasteiger partial charge in [0.15, 0.2) is 19.7 Å². The van der Waals surface area contributed by atoms with Crippen LogP contribution in [0.2, 0.25) is 10.0 Å². The predicted molar refractivity (Wildman–Crippen MR) is 108 cm³/mol. The lowest BCUT2D eigenvalue weighted by Crippen LogP contribution is -1.98. The summed E-state index contributed by atoms with van der Waals surface area (Å²) in [4.78, 5) is 0.269. The summed E-state index contributed by atoms with van der Waals surface area (Å²) in [6.45, 7) is -0.149. The van der Waals surface area contributed by atoms with E-state index in [-0.39, 0.29) is 26.4 Å². The zero-order valence-electron chi connectivity index (χ0n) is 13.9. The normalized spacial score (nSPS) is 11.6. The maximum atomic E-state index is 11.2. The van der Waals surface area contributed by atoms with Crippen LogP contribution in [0.5, 0.6) is 0 Å². The Hall–Kier alpha value is -0.640. The van der Waals surface area contributed by atoms with Gasteiger partial charge >= 0.3 is 0 Å². The molecule has 0 aliphatic heterocycles. The molecule has 0 aliphatic rings. The van der Waals surface area contributed by atoms with Crippen LogP contribution < -0.4 is 0 Å². The van der Waals surface area contributed by atoms with E-state index in [1.807, 2.05) is 0 Å². The summed E-state index contributed by atoms with van der Waals surface area (Å²) in [5, 5.41) is 9.84. The molecule has 26 heavy (non-hydrogen) atoms. The Kier molecular flexibility index (Phi) is 8.57. The van der Waals surface area contributed by atoms with Crippen LogP contribution in [0.25, 0.3) is 0 Å². The molecule has 0 radical (unpaired) electrons. The number of rotatable bonds is 4. The standard InChI is InChI=1S/C8H8BrClO2S.C8H9ClO3S/c1-13(11,12)8-3-2-6(5-9)4-7(8)10;1-13(11,12)8-3-2-6(5-10)4-7(8)9/h2-4H,5H2,1H3;2-4,10H,5H2,1H3. The zero-order chi connectivity index (χ0) is 20.1. The molecule has 0 fully saturated rings. The van der Waals surface area contributed by atoms with Crippen molar-refractivity contribution in [1.82, 2.24) is 0 Å². The smallest absolute Gasteiger partial charge is 0.176 e. The van der Waals surface area contributed by atoms with Gasteiger partial charge in [-0.3, -0.25) is 0 Å². The minimum Gasteiger partial charge on any atom is -0.392 e. The van der Waals surface area contributed by atoms with Crippen molar-refractivity contribution in [1.29, 1.82) is 0 Å². The lowest BCUT2D eigenvalue weighted by Gasteiger charge is -2.02. The maximum absolute atomic E-state index is 11.2. The first-order valence-corrected chi connectivity index (χ1v) is 12.7. The fourth-order valence-corrected chi connectivity index (χ4v) is 4.92. The number of halogens is 3. The van der Waals surface area contributed by atoms with E-state index in [4.69, 9.17) is 28.3 Å². The van der Waals surface area contributed by atoms with Crippen LogP contribution in [-0.2, 0) is 31.6 Å². The van der Waals surface area contributed by atoms with Crippen LogP contribution >= 0.6 is 39.1 Å². The molecule has 2 rings (SSSR count). The Morgan fingerprint density at radius 3 is 1.54 bits per heavy atom. The number of benzene rings is 2. The first-order valence-electron chi connectivity index (χ1n) is 7.04. The van der Waals surface area contributed by atoms with E-state index in [2.05, 4.69) is 15.9 Å². The lowest BCUT2D eigenvalue weighted by molar-refractivity contribution is 0.282. The van der Waals surface area contributed by atoms with Gasteiger partial charge in [0.25, 0.3) is 0 Å². The Balaban J connectivity index is 0.000000260. The summed E-state index contributed by atoms with van der Waals surface area (Å²) in [5.74, 6) is 0. The van der Waals surface area contributed by atoms with Gasteiger partial charge in [0.1, 0.15) is 0 Å². The molecular formula is C16H17BrCl2O5S2. The average Bonchev–Trinajstić information content (AvgIpc) is 2.52. The largest absolute Gasteiger partial charge is 0.392 e. The highest BCUT2D eigenvalue weighted by Gasteiger charge is 2.12. The first-order chi connectivity index (χ1) is 11.9. The highest BCUT2D eigenvalue weighted by molar-refractivity contribution is 9.08. The number of sulfone groups is 2. The molecular weight excluding hydrogens is 487 g/mol. The number of hydrogen-bond acceptors (Lipinski definition) is 5. The second kappa shape index (κ2) is 9.52. The van der Waals surface area contributed by atoms with Crippen LogP contribution in [0, 0.1) is 0 Å². The molecule has 0 atom stereocenters. The molecule has 0 spiro atoms. The number of alkyl halides is 1. The number of aliphatic hydroxyl groups excluding tert-OH is 1. The molecule has 0 aromatic heterocycles. The third kappa shape index (κ3) is 6.83. The van der Waals surface area contributed by atoms with E-state index >= 15 is 0 Å². The number of hydrogen-bond donors (Lipinski definition) is 1. The minimum atomic E-state index is -3.27. The van der Waals surface area contributed by atoms with Gasteiger partial charge in [-0.1, -0.05) is 51.3 Å². The van der Waals surface area contributed by atoms with Crippen molar-refractivity contribution >= 4 is 58.8 Å². The van der Waals surface area contributed by atoms with Gasteiger partial charge in [-0.05, 0) is 35.4 Å². The van der Waals surface area contributed by atoms with Crippen molar-refractivity contribution in [2.75, 3.05) is 12.5 Å². The van der Waals surface area contributed by atoms with Crippen molar-refractivity contribution in [3.05, 3.63) is 57.6 Å². The van der Waals surface area contributed by atoms with E-state index in [0.717, 1.165) is 18.1 Å². The van der Waals surface area contributed by atoms with Crippen LogP contribution in [0.1, 0.15) is 11.1 Å². The SMILES string of the molecule is CS(=O)(=O)c1ccc(CBr)cc1Cl.CS(=O)(=O)c1ccc(CO)cc1Cl. The van der Waals surface area contributed by atoms with Crippen molar-refractivity contribution < 1.29 is 21.9 Å². The summed E-state index contributed by atoms with van der Waals surface area (Å²) in [6.07, 6.45) is 2.23. The van der Waals surface area contributed by atoms with Crippen LogP contribution in [-0.4, -0.2) is 34.5 Å². The summed E-state index contributed by atoms with van der Waals surface area (Å²) < 4.78 is 44.5. The molecule has 2 aromatic carbocycles. The van der Waals surface area contributed by atoms with Gasteiger partial charge < -0.3 is 5.11 Å². The molecule has 0 heterocycles.